The van der Waals surface area contributed by atoms with Crippen LogP contribution in [0.5, 0.6) is 0 Å². The molecule has 1 aliphatic heterocycles. The predicted molar refractivity (Wildman–Crippen MR) is 79.8 cm³/mol. The van der Waals surface area contributed by atoms with Gasteiger partial charge in [-0.15, -0.1) is 5.06 Å². The first kappa shape index (κ1) is 14.8. The molecule has 21 heavy (non-hydrogen) atoms. The molecule has 1 fully saturated rings. The highest BCUT2D eigenvalue weighted by Crippen LogP contribution is 2.37. The first-order chi connectivity index (χ1) is 10.2. The summed E-state index contributed by atoms with van der Waals surface area (Å²) < 4.78 is 13.0. The van der Waals surface area contributed by atoms with Gasteiger partial charge < -0.3 is 9.94 Å². The number of halogens is 2. The standard InChI is InChI=1S/C16H19ClFNO2/c17-14-9-19(15-4-2-1-3-12(15)10-20)21-16(14)11-5-7-13(18)8-6-11/h5-8,12,15,20H,1-4,9-10H2/t12-,15-/m1/s1. The van der Waals surface area contributed by atoms with Crippen molar-refractivity contribution in [1.82, 2.24) is 5.06 Å². The Bertz CT molecular complexity index is 532. The van der Waals surface area contributed by atoms with Crippen LogP contribution in [0, 0.1) is 11.7 Å². The van der Waals surface area contributed by atoms with Crippen molar-refractivity contribution in [2.24, 2.45) is 5.92 Å². The van der Waals surface area contributed by atoms with Crippen LogP contribution in [0.15, 0.2) is 29.3 Å². The predicted octanol–water partition coefficient (Wildman–Crippen LogP) is 3.53. The maximum absolute atomic E-state index is 13.0. The summed E-state index contributed by atoms with van der Waals surface area (Å²) >= 11 is 6.31. The summed E-state index contributed by atoms with van der Waals surface area (Å²) in [7, 11) is 0. The lowest BCUT2D eigenvalue weighted by Gasteiger charge is -2.35. The molecular weight excluding hydrogens is 293 g/mol. The van der Waals surface area contributed by atoms with Crippen molar-refractivity contribution in [3.05, 3.63) is 40.7 Å². The van der Waals surface area contributed by atoms with Crippen LogP contribution < -0.4 is 0 Å². The Balaban J connectivity index is 1.74. The van der Waals surface area contributed by atoms with Crippen LogP contribution in [0.3, 0.4) is 0 Å². The van der Waals surface area contributed by atoms with Gasteiger partial charge in [0.1, 0.15) is 5.82 Å². The summed E-state index contributed by atoms with van der Waals surface area (Å²) in [5.41, 5.74) is 0.778. The molecule has 0 spiro atoms. The van der Waals surface area contributed by atoms with E-state index < -0.39 is 0 Å². The summed E-state index contributed by atoms with van der Waals surface area (Å²) in [6, 6.07) is 6.32. The van der Waals surface area contributed by atoms with Crippen LogP contribution in [0.4, 0.5) is 4.39 Å². The molecule has 3 rings (SSSR count). The van der Waals surface area contributed by atoms with Gasteiger partial charge in [0, 0.05) is 18.1 Å². The highest BCUT2D eigenvalue weighted by atomic mass is 35.5. The molecule has 1 saturated carbocycles. The molecule has 2 aliphatic rings. The van der Waals surface area contributed by atoms with Crippen molar-refractivity contribution in [3.63, 3.8) is 0 Å². The van der Waals surface area contributed by atoms with Crippen LogP contribution in [-0.4, -0.2) is 29.4 Å². The van der Waals surface area contributed by atoms with E-state index in [1.165, 1.54) is 12.1 Å². The molecule has 0 amide bonds. The van der Waals surface area contributed by atoms with Crippen molar-refractivity contribution >= 4 is 17.4 Å². The van der Waals surface area contributed by atoms with Gasteiger partial charge in [0.2, 0.25) is 0 Å². The number of rotatable bonds is 3. The van der Waals surface area contributed by atoms with Gasteiger partial charge in [-0.2, -0.15) is 0 Å². The highest BCUT2D eigenvalue weighted by Gasteiger charge is 2.36. The molecule has 1 heterocycles. The van der Waals surface area contributed by atoms with Crippen LogP contribution in [0.2, 0.25) is 0 Å². The number of hydrogen-bond acceptors (Lipinski definition) is 3. The molecule has 0 radical (unpaired) electrons. The first-order valence-electron chi connectivity index (χ1n) is 7.39. The second-order valence-electron chi connectivity index (χ2n) is 5.70. The summed E-state index contributed by atoms with van der Waals surface area (Å²) in [5.74, 6) is 0.549. The van der Waals surface area contributed by atoms with Crippen molar-refractivity contribution in [2.75, 3.05) is 13.2 Å². The minimum absolute atomic E-state index is 0.175. The molecule has 0 bridgehead atoms. The van der Waals surface area contributed by atoms with Gasteiger partial charge in [-0.1, -0.05) is 24.4 Å². The molecule has 0 saturated heterocycles. The molecule has 1 aromatic carbocycles. The molecule has 3 nitrogen and oxygen atoms in total. The van der Waals surface area contributed by atoms with E-state index in [2.05, 4.69) is 0 Å². The normalized spacial score (nSPS) is 27.0. The third-order valence-electron chi connectivity index (χ3n) is 4.33. The zero-order chi connectivity index (χ0) is 14.8. The molecule has 2 atom stereocenters. The third-order valence-corrected chi connectivity index (χ3v) is 4.62. The van der Waals surface area contributed by atoms with Gasteiger partial charge in [-0.05, 0) is 37.1 Å². The number of aliphatic hydroxyl groups is 1. The molecule has 114 valence electrons. The van der Waals surface area contributed by atoms with Crippen LogP contribution in [0.25, 0.3) is 5.76 Å². The Morgan fingerprint density at radius 3 is 2.67 bits per heavy atom. The number of hydroxylamine groups is 2. The number of aliphatic hydroxyl groups excluding tert-OH is 1. The molecule has 0 unspecified atom stereocenters. The lowest BCUT2D eigenvalue weighted by molar-refractivity contribution is -0.129. The van der Waals surface area contributed by atoms with Crippen molar-refractivity contribution in [2.45, 2.75) is 31.7 Å². The zero-order valence-electron chi connectivity index (χ0n) is 11.8. The van der Waals surface area contributed by atoms with Gasteiger partial charge in [0.15, 0.2) is 5.76 Å². The average Bonchev–Trinajstić information content (AvgIpc) is 2.90. The average molecular weight is 312 g/mol. The molecule has 5 heteroatoms. The Kier molecular flexibility index (Phi) is 4.48. The van der Waals surface area contributed by atoms with Crippen LogP contribution in [0.1, 0.15) is 31.2 Å². The smallest absolute Gasteiger partial charge is 0.170 e. The minimum atomic E-state index is -0.280. The number of hydrogen-bond donors (Lipinski definition) is 1. The monoisotopic (exact) mass is 311 g/mol. The van der Waals surface area contributed by atoms with E-state index in [1.807, 2.05) is 5.06 Å². The van der Waals surface area contributed by atoms with E-state index >= 15 is 0 Å². The largest absolute Gasteiger partial charge is 0.403 e. The molecule has 1 aliphatic carbocycles. The van der Waals surface area contributed by atoms with E-state index in [4.69, 9.17) is 16.4 Å². The summed E-state index contributed by atoms with van der Waals surface area (Å²) in [5, 5.41) is 12.0. The lowest BCUT2D eigenvalue weighted by atomic mass is 9.85. The van der Waals surface area contributed by atoms with E-state index in [0.29, 0.717) is 17.3 Å². The van der Waals surface area contributed by atoms with E-state index in [9.17, 15) is 9.50 Å². The third kappa shape index (κ3) is 3.07. The second kappa shape index (κ2) is 6.34. The fourth-order valence-electron chi connectivity index (χ4n) is 3.18. The summed E-state index contributed by atoms with van der Waals surface area (Å²) in [6.07, 6.45) is 4.32. The highest BCUT2D eigenvalue weighted by molar-refractivity contribution is 6.32. The molecule has 0 aromatic heterocycles. The Labute approximate surface area is 128 Å². The zero-order valence-corrected chi connectivity index (χ0v) is 12.5. The quantitative estimate of drug-likeness (QED) is 0.927. The maximum Gasteiger partial charge on any atom is 0.170 e. The maximum atomic E-state index is 13.0. The number of benzene rings is 1. The summed E-state index contributed by atoms with van der Waals surface area (Å²) in [6.45, 7) is 0.698. The van der Waals surface area contributed by atoms with Gasteiger partial charge in [0.05, 0.1) is 17.6 Å². The Morgan fingerprint density at radius 1 is 1.24 bits per heavy atom. The van der Waals surface area contributed by atoms with Gasteiger partial charge >= 0.3 is 0 Å². The van der Waals surface area contributed by atoms with E-state index in [0.717, 1.165) is 31.2 Å². The van der Waals surface area contributed by atoms with E-state index in [1.54, 1.807) is 12.1 Å². The molecule has 1 aromatic rings. The van der Waals surface area contributed by atoms with Gasteiger partial charge in [-0.25, -0.2) is 4.39 Å². The first-order valence-corrected chi connectivity index (χ1v) is 7.77. The molecule has 1 N–H and O–H groups in total. The Morgan fingerprint density at radius 2 is 1.95 bits per heavy atom. The fourth-order valence-corrected chi connectivity index (χ4v) is 3.44. The van der Waals surface area contributed by atoms with Crippen molar-refractivity contribution in [3.8, 4) is 0 Å². The van der Waals surface area contributed by atoms with Crippen LogP contribution in [-0.2, 0) is 4.84 Å². The molecular formula is C16H19ClFNO2. The Hall–Kier alpha value is -1.10. The SMILES string of the molecule is OC[C@H]1CCCC[C@H]1N1CC(Cl)=C(c2ccc(F)cc2)O1. The number of nitrogens with zero attached hydrogens (tertiary/aromatic N) is 1. The fraction of sp³-hybridized carbons (Fsp3) is 0.500. The minimum Gasteiger partial charge on any atom is -0.403 e. The second-order valence-corrected chi connectivity index (χ2v) is 6.16. The topological polar surface area (TPSA) is 32.7 Å². The van der Waals surface area contributed by atoms with Crippen LogP contribution >= 0.6 is 11.6 Å². The van der Waals surface area contributed by atoms with Crippen molar-refractivity contribution in [1.29, 1.82) is 0 Å². The van der Waals surface area contributed by atoms with E-state index in [-0.39, 0.29) is 24.4 Å². The van der Waals surface area contributed by atoms with Gasteiger partial charge in [0.25, 0.3) is 0 Å². The van der Waals surface area contributed by atoms with Crippen molar-refractivity contribution < 1.29 is 14.3 Å². The lowest BCUT2D eigenvalue weighted by Crippen LogP contribution is -2.42. The summed E-state index contributed by atoms with van der Waals surface area (Å²) in [4.78, 5) is 5.92. The van der Waals surface area contributed by atoms with Gasteiger partial charge in [-0.3, -0.25) is 0 Å².